The standard InChI is InChI=1S/C13H16ClFN2O/c14-10-5-4-9(7-11(10)15)8-17-6-2-1-3-12(17)13(16)18/h4-5,7,12H,1-3,6,8H2,(H2,16,18). The number of nitrogens with zero attached hydrogens (tertiary/aromatic N) is 1. The summed E-state index contributed by atoms with van der Waals surface area (Å²) in [5.74, 6) is -0.731. The first-order valence-electron chi connectivity index (χ1n) is 6.05. The third-order valence-corrected chi connectivity index (χ3v) is 3.62. The average Bonchev–Trinajstić information content (AvgIpc) is 2.34. The Bertz CT molecular complexity index is 453. The van der Waals surface area contributed by atoms with Crippen molar-refractivity contribution >= 4 is 17.5 Å². The Morgan fingerprint density at radius 3 is 2.94 bits per heavy atom. The van der Waals surface area contributed by atoms with Gasteiger partial charge in [-0.2, -0.15) is 0 Å². The van der Waals surface area contributed by atoms with Gasteiger partial charge >= 0.3 is 0 Å². The highest BCUT2D eigenvalue weighted by Gasteiger charge is 2.26. The fraction of sp³-hybridized carbons (Fsp3) is 0.462. The summed E-state index contributed by atoms with van der Waals surface area (Å²) in [4.78, 5) is 13.4. The summed E-state index contributed by atoms with van der Waals surface area (Å²) >= 11 is 5.64. The van der Waals surface area contributed by atoms with Gasteiger partial charge in [0.2, 0.25) is 5.91 Å². The van der Waals surface area contributed by atoms with Gasteiger partial charge in [0.05, 0.1) is 11.1 Å². The highest BCUT2D eigenvalue weighted by Crippen LogP contribution is 2.21. The number of hydrogen-bond donors (Lipinski definition) is 1. The fourth-order valence-corrected chi connectivity index (χ4v) is 2.49. The zero-order valence-corrected chi connectivity index (χ0v) is 10.8. The van der Waals surface area contributed by atoms with E-state index in [1.54, 1.807) is 6.07 Å². The van der Waals surface area contributed by atoms with Gasteiger partial charge in [0, 0.05) is 6.54 Å². The Kier molecular flexibility index (Phi) is 4.19. The van der Waals surface area contributed by atoms with Crippen LogP contribution >= 0.6 is 11.6 Å². The number of carbonyl (C=O) groups is 1. The molecule has 0 spiro atoms. The van der Waals surface area contributed by atoms with E-state index in [-0.39, 0.29) is 17.0 Å². The molecule has 3 nitrogen and oxygen atoms in total. The van der Waals surface area contributed by atoms with Crippen molar-refractivity contribution < 1.29 is 9.18 Å². The lowest BCUT2D eigenvalue weighted by molar-refractivity contribution is -0.124. The van der Waals surface area contributed by atoms with Crippen LogP contribution in [0.5, 0.6) is 0 Å². The van der Waals surface area contributed by atoms with E-state index in [9.17, 15) is 9.18 Å². The summed E-state index contributed by atoms with van der Waals surface area (Å²) in [6, 6.07) is 4.49. The van der Waals surface area contributed by atoms with Crippen LogP contribution in [0.1, 0.15) is 24.8 Å². The van der Waals surface area contributed by atoms with Crippen LogP contribution in [-0.2, 0) is 11.3 Å². The molecule has 1 aliphatic rings. The van der Waals surface area contributed by atoms with Crippen molar-refractivity contribution in [3.8, 4) is 0 Å². The minimum absolute atomic E-state index is 0.115. The highest BCUT2D eigenvalue weighted by molar-refractivity contribution is 6.30. The molecule has 1 aromatic rings. The number of carbonyl (C=O) groups excluding carboxylic acids is 1. The largest absolute Gasteiger partial charge is 0.368 e. The molecule has 1 atom stereocenters. The second-order valence-electron chi connectivity index (χ2n) is 4.63. The third kappa shape index (κ3) is 3.00. The predicted octanol–water partition coefficient (Wildman–Crippen LogP) is 2.32. The smallest absolute Gasteiger partial charge is 0.234 e. The maximum absolute atomic E-state index is 13.3. The second-order valence-corrected chi connectivity index (χ2v) is 5.04. The summed E-state index contributed by atoms with van der Waals surface area (Å²) in [6.45, 7) is 1.35. The molecule has 1 saturated heterocycles. The first-order valence-corrected chi connectivity index (χ1v) is 6.43. The number of piperidine rings is 1. The molecule has 1 unspecified atom stereocenters. The lowest BCUT2D eigenvalue weighted by Gasteiger charge is -2.33. The van der Waals surface area contributed by atoms with Crippen LogP contribution in [0.2, 0.25) is 5.02 Å². The van der Waals surface area contributed by atoms with E-state index >= 15 is 0 Å². The minimum atomic E-state index is -0.429. The summed E-state index contributed by atoms with van der Waals surface area (Å²) in [5, 5.41) is 0.115. The van der Waals surface area contributed by atoms with Gasteiger partial charge in [-0.15, -0.1) is 0 Å². The first kappa shape index (κ1) is 13.3. The van der Waals surface area contributed by atoms with Crippen molar-refractivity contribution in [2.45, 2.75) is 31.8 Å². The molecule has 2 rings (SSSR count). The van der Waals surface area contributed by atoms with Gasteiger partial charge in [-0.25, -0.2) is 4.39 Å². The van der Waals surface area contributed by atoms with Crippen molar-refractivity contribution in [1.29, 1.82) is 0 Å². The number of nitrogens with two attached hydrogens (primary N) is 1. The highest BCUT2D eigenvalue weighted by atomic mass is 35.5. The van der Waals surface area contributed by atoms with Crippen molar-refractivity contribution in [1.82, 2.24) is 4.90 Å². The number of hydrogen-bond acceptors (Lipinski definition) is 2. The van der Waals surface area contributed by atoms with Crippen LogP contribution in [0, 0.1) is 5.82 Å². The van der Waals surface area contributed by atoms with E-state index < -0.39 is 5.82 Å². The molecule has 0 saturated carbocycles. The van der Waals surface area contributed by atoms with Crippen molar-refractivity contribution in [3.63, 3.8) is 0 Å². The van der Waals surface area contributed by atoms with Gasteiger partial charge in [-0.05, 0) is 37.1 Å². The minimum Gasteiger partial charge on any atom is -0.368 e. The molecular formula is C13H16ClFN2O. The van der Waals surface area contributed by atoms with Crippen molar-refractivity contribution in [2.75, 3.05) is 6.54 Å². The third-order valence-electron chi connectivity index (χ3n) is 3.31. The van der Waals surface area contributed by atoms with E-state index in [1.165, 1.54) is 12.1 Å². The first-order chi connectivity index (χ1) is 8.58. The molecular weight excluding hydrogens is 255 g/mol. The number of rotatable bonds is 3. The topological polar surface area (TPSA) is 46.3 Å². The molecule has 0 bridgehead atoms. The maximum Gasteiger partial charge on any atom is 0.234 e. The quantitative estimate of drug-likeness (QED) is 0.916. The molecule has 1 heterocycles. The predicted molar refractivity (Wildman–Crippen MR) is 68.7 cm³/mol. The van der Waals surface area contributed by atoms with E-state index in [0.29, 0.717) is 6.54 Å². The van der Waals surface area contributed by atoms with Crippen molar-refractivity contribution in [3.05, 3.63) is 34.6 Å². The van der Waals surface area contributed by atoms with Gasteiger partial charge in [0.15, 0.2) is 0 Å². The summed E-state index contributed by atoms with van der Waals surface area (Å²) in [6.07, 6.45) is 2.84. The number of likely N-dealkylation sites (tertiary alicyclic amines) is 1. The SMILES string of the molecule is NC(=O)C1CCCCN1Cc1ccc(Cl)c(F)c1. The number of amides is 1. The molecule has 2 N–H and O–H groups in total. The zero-order chi connectivity index (χ0) is 13.1. The second kappa shape index (κ2) is 5.67. The molecule has 1 fully saturated rings. The Morgan fingerprint density at radius 2 is 2.28 bits per heavy atom. The maximum atomic E-state index is 13.3. The van der Waals surface area contributed by atoms with Crippen molar-refractivity contribution in [2.24, 2.45) is 5.73 Å². The van der Waals surface area contributed by atoms with Crippen LogP contribution in [0.15, 0.2) is 18.2 Å². The monoisotopic (exact) mass is 270 g/mol. The van der Waals surface area contributed by atoms with E-state index in [0.717, 1.165) is 31.4 Å². The fourth-order valence-electron chi connectivity index (χ4n) is 2.37. The van der Waals surface area contributed by atoms with Crippen LogP contribution in [-0.4, -0.2) is 23.4 Å². The number of benzene rings is 1. The molecule has 1 aliphatic heterocycles. The molecule has 0 radical (unpaired) electrons. The van der Waals surface area contributed by atoms with Crippen LogP contribution < -0.4 is 5.73 Å². The van der Waals surface area contributed by atoms with Gasteiger partial charge in [-0.3, -0.25) is 9.69 Å². The Labute approximate surface area is 111 Å². The molecule has 98 valence electrons. The average molecular weight is 271 g/mol. The Balaban J connectivity index is 2.10. The molecule has 18 heavy (non-hydrogen) atoms. The van der Waals surface area contributed by atoms with Gasteiger partial charge in [0.25, 0.3) is 0 Å². The molecule has 1 amide bonds. The van der Waals surface area contributed by atoms with Crippen LogP contribution in [0.4, 0.5) is 4.39 Å². The summed E-state index contributed by atoms with van der Waals surface area (Å²) < 4.78 is 13.3. The summed E-state index contributed by atoms with van der Waals surface area (Å²) in [7, 11) is 0. The van der Waals surface area contributed by atoms with Gasteiger partial charge < -0.3 is 5.73 Å². The Morgan fingerprint density at radius 1 is 1.50 bits per heavy atom. The Hall–Kier alpha value is -1.13. The molecule has 0 aliphatic carbocycles. The summed E-state index contributed by atoms with van der Waals surface area (Å²) in [5.41, 5.74) is 6.20. The van der Waals surface area contributed by atoms with E-state index in [4.69, 9.17) is 17.3 Å². The van der Waals surface area contributed by atoms with Gasteiger partial charge in [0.1, 0.15) is 5.82 Å². The van der Waals surface area contributed by atoms with E-state index in [2.05, 4.69) is 0 Å². The lowest BCUT2D eigenvalue weighted by atomic mass is 10.0. The van der Waals surface area contributed by atoms with Crippen LogP contribution in [0.3, 0.4) is 0 Å². The number of primary amides is 1. The molecule has 0 aromatic heterocycles. The normalized spacial score (nSPS) is 20.9. The molecule has 1 aromatic carbocycles. The van der Waals surface area contributed by atoms with E-state index in [1.807, 2.05) is 4.90 Å². The molecule has 5 heteroatoms. The number of halogens is 2. The van der Waals surface area contributed by atoms with Crippen LogP contribution in [0.25, 0.3) is 0 Å². The van der Waals surface area contributed by atoms with Gasteiger partial charge in [-0.1, -0.05) is 24.1 Å². The zero-order valence-electron chi connectivity index (χ0n) is 10.0. The lowest BCUT2D eigenvalue weighted by Crippen LogP contribution is -2.47.